The van der Waals surface area contributed by atoms with Gasteiger partial charge in [-0.2, -0.15) is 0 Å². The van der Waals surface area contributed by atoms with Crippen molar-refractivity contribution in [3.8, 4) is 0 Å². The maximum atomic E-state index is 5.29. The normalized spacial score (nSPS) is 13.4. The van der Waals surface area contributed by atoms with Crippen molar-refractivity contribution in [3.05, 3.63) is 36.1 Å². The summed E-state index contributed by atoms with van der Waals surface area (Å²) in [6.07, 6.45) is 8.01. The first-order valence-corrected chi connectivity index (χ1v) is 5.48. The van der Waals surface area contributed by atoms with Crippen LogP contribution in [0.15, 0.2) is 30.4 Å². The summed E-state index contributed by atoms with van der Waals surface area (Å²) in [5.41, 5.74) is 2.02. The minimum absolute atomic E-state index is 0.518. The Hall–Kier alpha value is -1.51. The molecule has 16 heavy (non-hydrogen) atoms. The number of rotatable bonds is 4. The van der Waals surface area contributed by atoms with E-state index in [-0.39, 0.29) is 0 Å². The van der Waals surface area contributed by atoms with Gasteiger partial charge in [0.05, 0.1) is 24.8 Å². The second kappa shape index (κ2) is 5.54. The Bertz CT molecular complexity index is 400. The van der Waals surface area contributed by atoms with Crippen molar-refractivity contribution in [1.82, 2.24) is 9.55 Å². The molecule has 1 aromatic rings. The van der Waals surface area contributed by atoms with E-state index in [0.29, 0.717) is 5.92 Å². The van der Waals surface area contributed by atoms with Crippen LogP contribution < -0.4 is 0 Å². The highest BCUT2D eigenvalue weighted by Crippen LogP contribution is 2.15. The van der Waals surface area contributed by atoms with Crippen LogP contribution in [0.1, 0.15) is 26.5 Å². The fourth-order valence-corrected chi connectivity index (χ4v) is 1.33. The van der Waals surface area contributed by atoms with E-state index < -0.39 is 0 Å². The SMILES string of the molecule is CO/C(C)=C(/C=C\C(C)C)n1cnc(C)c1. The average Bonchev–Trinajstić information content (AvgIpc) is 2.64. The smallest absolute Gasteiger partial charge is 0.116 e. The maximum absolute atomic E-state index is 5.29. The highest BCUT2D eigenvalue weighted by Gasteiger charge is 2.03. The molecule has 0 saturated heterocycles. The summed E-state index contributed by atoms with van der Waals surface area (Å²) in [6, 6.07) is 0. The van der Waals surface area contributed by atoms with E-state index in [1.54, 1.807) is 13.4 Å². The van der Waals surface area contributed by atoms with Crippen molar-refractivity contribution in [2.75, 3.05) is 7.11 Å². The molecule has 0 amide bonds. The lowest BCUT2D eigenvalue weighted by Crippen LogP contribution is -1.97. The largest absolute Gasteiger partial charge is 0.499 e. The van der Waals surface area contributed by atoms with Crippen LogP contribution in [0, 0.1) is 12.8 Å². The molecule has 3 heteroatoms. The van der Waals surface area contributed by atoms with Gasteiger partial charge in [-0.05, 0) is 25.8 Å². The minimum Gasteiger partial charge on any atom is -0.499 e. The van der Waals surface area contributed by atoms with Gasteiger partial charge < -0.3 is 9.30 Å². The molecule has 0 spiro atoms. The number of ether oxygens (including phenoxy) is 1. The molecule has 0 unspecified atom stereocenters. The number of imidazole rings is 1. The second-order valence-electron chi connectivity index (χ2n) is 4.17. The fraction of sp³-hybridized carbons (Fsp3) is 0.462. The van der Waals surface area contributed by atoms with Crippen molar-refractivity contribution >= 4 is 5.70 Å². The molecule has 1 rings (SSSR count). The van der Waals surface area contributed by atoms with Gasteiger partial charge in [0, 0.05) is 6.20 Å². The topological polar surface area (TPSA) is 27.1 Å². The van der Waals surface area contributed by atoms with Crippen LogP contribution in [0.3, 0.4) is 0 Å². The first kappa shape index (κ1) is 12.6. The quantitative estimate of drug-likeness (QED) is 0.575. The molecule has 0 aliphatic carbocycles. The molecule has 0 bridgehead atoms. The molecule has 3 nitrogen and oxygen atoms in total. The van der Waals surface area contributed by atoms with E-state index in [0.717, 1.165) is 17.2 Å². The molecule has 0 radical (unpaired) electrons. The van der Waals surface area contributed by atoms with Crippen molar-refractivity contribution in [1.29, 1.82) is 0 Å². The molecule has 0 aliphatic heterocycles. The van der Waals surface area contributed by atoms with Crippen LogP contribution in [-0.4, -0.2) is 16.7 Å². The van der Waals surface area contributed by atoms with Gasteiger partial charge in [-0.15, -0.1) is 0 Å². The summed E-state index contributed by atoms with van der Waals surface area (Å²) in [7, 11) is 1.68. The number of methoxy groups -OCH3 is 1. The standard InChI is InChI=1S/C13H20N2O/c1-10(2)6-7-13(12(4)16-5)15-8-11(3)14-9-15/h6-10H,1-5H3/b7-6-,13-12-. The number of hydrogen-bond donors (Lipinski definition) is 0. The van der Waals surface area contributed by atoms with Gasteiger partial charge in [-0.3, -0.25) is 0 Å². The molecule has 1 aromatic heterocycles. The predicted molar refractivity (Wildman–Crippen MR) is 66.8 cm³/mol. The summed E-state index contributed by atoms with van der Waals surface area (Å²) in [5.74, 6) is 1.40. The summed E-state index contributed by atoms with van der Waals surface area (Å²) < 4.78 is 7.27. The molecule has 0 N–H and O–H groups in total. The Morgan fingerprint density at radius 3 is 2.62 bits per heavy atom. The van der Waals surface area contributed by atoms with E-state index in [1.807, 2.05) is 24.6 Å². The maximum Gasteiger partial charge on any atom is 0.116 e. The van der Waals surface area contributed by atoms with Gasteiger partial charge in [0.2, 0.25) is 0 Å². The van der Waals surface area contributed by atoms with E-state index in [9.17, 15) is 0 Å². The molecule has 88 valence electrons. The third kappa shape index (κ3) is 3.26. The van der Waals surface area contributed by atoms with E-state index in [2.05, 4.69) is 31.0 Å². The van der Waals surface area contributed by atoms with Crippen LogP contribution in [0.2, 0.25) is 0 Å². The Morgan fingerprint density at radius 2 is 2.19 bits per heavy atom. The summed E-state index contributed by atoms with van der Waals surface area (Å²) in [5, 5.41) is 0. The zero-order chi connectivity index (χ0) is 12.1. The van der Waals surface area contributed by atoms with Crippen LogP contribution in [0.4, 0.5) is 0 Å². The van der Waals surface area contributed by atoms with Crippen LogP contribution >= 0.6 is 0 Å². The Labute approximate surface area is 97.5 Å². The number of aromatic nitrogens is 2. The molecule has 1 heterocycles. The monoisotopic (exact) mass is 220 g/mol. The van der Waals surface area contributed by atoms with E-state index >= 15 is 0 Å². The first-order valence-electron chi connectivity index (χ1n) is 5.48. The lowest BCUT2D eigenvalue weighted by atomic mass is 10.2. The average molecular weight is 220 g/mol. The molecular weight excluding hydrogens is 200 g/mol. The van der Waals surface area contributed by atoms with Crippen molar-refractivity contribution in [3.63, 3.8) is 0 Å². The van der Waals surface area contributed by atoms with Crippen LogP contribution in [0.5, 0.6) is 0 Å². The van der Waals surface area contributed by atoms with Crippen LogP contribution in [-0.2, 0) is 4.74 Å². The van der Waals surface area contributed by atoms with Crippen molar-refractivity contribution < 1.29 is 4.74 Å². The first-order chi connectivity index (χ1) is 7.54. The molecule has 0 aliphatic rings. The Morgan fingerprint density at radius 1 is 1.50 bits per heavy atom. The molecule has 0 saturated carbocycles. The third-order valence-electron chi connectivity index (χ3n) is 2.30. The molecule has 0 atom stereocenters. The van der Waals surface area contributed by atoms with Crippen LogP contribution in [0.25, 0.3) is 5.70 Å². The summed E-state index contributed by atoms with van der Waals surface area (Å²) in [6.45, 7) is 8.22. The molecule has 0 aromatic carbocycles. The van der Waals surface area contributed by atoms with Gasteiger partial charge in [-0.1, -0.05) is 19.9 Å². The summed E-state index contributed by atoms with van der Waals surface area (Å²) in [4.78, 5) is 4.22. The van der Waals surface area contributed by atoms with Crippen molar-refractivity contribution in [2.24, 2.45) is 5.92 Å². The highest BCUT2D eigenvalue weighted by molar-refractivity contribution is 5.59. The second-order valence-corrected chi connectivity index (χ2v) is 4.17. The fourth-order valence-electron chi connectivity index (χ4n) is 1.33. The summed E-state index contributed by atoms with van der Waals surface area (Å²) >= 11 is 0. The van der Waals surface area contributed by atoms with Gasteiger partial charge >= 0.3 is 0 Å². The van der Waals surface area contributed by atoms with Gasteiger partial charge in [0.15, 0.2) is 0 Å². The van der Waals surface area contributed by atoms with Gasteiger partial charge in [0.1, 0.15) is 5.76 Å². The lowest BCUT2D eigenvalue weighted by molar-refractivity contribution is 0.294. The predicted octanol–water partition coefficient (Wildman–Crippen LogP) is 3.24. The molecular formula is C13H20N2O. The Kier molecular flexibility index (Phi) is 4.35. The zero-order valence-corrected chi connectivity index (χ0v) is 10.7. The van der Waals surface area contributed by atoms with E-state index in [4.69, 9.17) is 4.74 Å². The number of nitrogens with zero attached hydrogens (tertiary/aromatic N) is 2. The molecule has 0 fully saturated rings. The highest BCUT2D eigenvalue weighted by atomic mass is 16.5. The number of hydrogen-bond acceptors (Lipinski definition) is 2. The lowest BCUT2D eigenvalue weighted by Gasteiger charge is -2.08. The van der Waals surface area contributed by atoms with E-state index in [1.165, 1.54) is 0 Å². The van der Waals surface area contributed by atoms with Gasteiger partial charge in [0.25, 0.3) is 0 Å². The number of allylic oxidation sites excluding steroid dienone is 4. The van der Waals surface area contributed by atoms with Gasteiger partial charge in [-0.25, -0.2) is 4.98 Å². The Balaban J connectivity index is 3.07. The zero-order valence-electron chi connectivity index (χ0n) is 10.7. The number of aryl methyl sites for hydroxylation is 1. The third-order valence-corrected chi connectivity index (χ3v) is 2.30. The van der Waals surface area contributed by atoms with Crippen molar-refractivity contribution in [2.45, 2.75) is 27.7 Å². The minimum atomic E-state index is 0.518.